The molecule has 34 heavy (non-hydrogen) atoms. The van der Waals surface area contributed by atoms with E-state index in [4.69, 9.17) is 4.74 Å². The van der Waals surface area contributed by atoms with Gasteiger partial charge in [0.15, 0.2) is 0 Å². The summed E-state index contributed by atoms with van der Waals surface area (Å²) >= 11 is 0. The Morgan fingerprint density at radius 1 is 1.00 bits per heavy atom. The molecule has 2 aromatic rings. The molecule has 7 heteroatoms. The predicted octanol–water partition coefficient (Wildman–Crippen LogP) is 4.45. The van der Waals surface area contributed by atoms with Crippen molar-refractivity contribution in [1.29, 1.82) is 0 Å². The van der Waals surface area contributed by atoms with Crippen molar-refractivity contribution in [3.8, 4) is 11.1 Å². The minimum atomic E-state index is -0.981. The molecule has 7 nitrogen and oxygen atoms in total. The topological polar surface area (TPSA) is 105 Å². The molecule has 0 spiro atoms. The summed E-state index contributed by atoms with van der Waals surface area (Å²) in [4.78, 5) is 35.8. The minimum Gasteiger partial charge on any atom is -0.480 e. The monoisotopic (exact) mass is 464 g/mol. The van der Waals surface area contributed by atoms with Crippen LogP contribution in [0.3, 0.4) is 0 Å². The van der Waals surface area contributed by atoms with Crippen LogP contribution in [-0.4, -0.2) is 41.8 Å². The van der Waals surface area contributed by atoms with Crippen LogP contribution in [0, 0.1) is 5.92 Å². The second kappa shape index (κ2) is 10.7. The highest BCUT2D eigenvalue weighted by molar-refractivity contribution is 5.83. The molecule has 1 fully saturated rings. The number of carboxylic acid groups (broad SMARTS) is 1. The van der Waals surface area contributed by atoms with Gasteiger partial charge in [0, 0.05) is 18.4 Å². The van der Waals surface area contributed by atoms with Gasteiger partial charge in [-0.25, -0.2) is 9.59 Å². The van der Waals surface area contributed by atoms with Gasteiger partial charge in [0.25, 0.3) is 0 Å². The molecule has 2 amide bonds. The Kier molecular flexibility index (Phi) is 7.50. The number of aliphatic carboxylic acids is 1. The summed E-state index contributed by atoms with van der Waals surface area (Å²) in [6, 6.07) is 15.4. The van der Waals surface area contributed by atoms with E-state index in [1.54, 1.807) is 0 Å². The first-order chi connectivity index (χ1) is 16.4. The number of carboxylic acids is 1. The molecule has 1 saturated carbocycles. The van der Waals surface area contributed by atoms with Crippen molar-refractivity contribution in [1.82, 2.24) is 10.6 Å². The lowest BCUT2D eigenvalue weighted by Crippen LogP contribution is -2.41. The number of ether oxygens (including phenoxy) is 1. The Morgan fingerprint density at radius 2 is 1.62 bits per heavy atom. The average molecular weight is 465 g/mol. The van der Waals surface area contributed by atoms with Crippen LogP contribution in [0.2, 0.25) is 0 Å². The largest absolute Gasteiger partial charge is 0.480 e. The fourth-order valence-corrected chi connectivity index (χ4v) is 4.66. The Hall–Kier alpha value is -3.35. The normalized spacial score (nSPS) is 16.1. The van der Waals surface area contributed by atoms with E-state index < -0.39 is 18.1 Å². The third-order valence-corrected chi connectivity index (χ3v) is 6.65. The molecule has 4 rings (SSSR count). The van der Waals surface area contributed by atoms with Crippen molar-refractivity contribution in [3.63, 3.8) is 0 Å². The number of nitrogens with one attached hydrogen (secondary N) is 2. The van der Waals surface area contributed by atoms with Gasteiger partial charge in [0.05, 0.1) is 0 Å². The van der Waals surface area contributed by atoms with Crippen molar-refractivity contribution in [3.05, 3.63) is 59.7 Å². The average Bonchev–Trinajstić information content (AvgIpc) is 3.58. The third-order valence-electron chi connectivity index (χ3n) is 6.65. The highest BCUT2D eigenvalue weighted by Crippen LogP contribution is 2.44. The van der Waals surface area contributed by atoms with Crippen LogP contribution in [0.4, 0.5) is 4.79 Å². The number of carbonyl (C=O) groups excluding carboxylic acids is 2. The van der Waals surface area contributed by atoms with Gasteiger partial charge in [0.1, 0.15) is 12.6 Å². The van der Waals surface area contributed by atoms with Gasteiger partial charge in [-0.2, -0.15) is 0 Å². The van der Waals surface area contributed by atoms with Crippen LogP contribution >= 0.6 is 0 Å². The summed E-state index contributed by atoms with van der Waals surface area (Å²) in [5.74, 6) is -0.815. The predicted molar refractivity (Wildman–Crippen MR) is 128 cm³/mol. The first-order valence-electron chi connectivity index (χ1n) is 12.1. The SMILES string of the molecule is CC(CCCC(=O)NC(CC1CC1)C(=O)O)NC(=O)OCC1c2ccccc2-c2ccccc21. The minimum absolute atomic E-state index is 0.00923. The van der Waals surface area contributed by atoms with E-state index in [0.717, 1.165) is 24.0 Å². The maximum absolute atomic E-state index is 12.4. The number of fused-ring (bicyclic) bond motifs is 3. The zero-order chi connectivity index (χ0) is 24.1. The van der Waals surface area contributed by atoms with Gasteiger partial charge in [-0.1, -0.05) is 61.4 Å². The quantitative estimate of drug-likeness (QED) is 0.456. The van der Waals surface area contributed by atoms with E-state index in [9.17, 15) is 19.5 Å². The lowest BCUT2D eigenvalue weighted by Gasteiger charge is -2.17. The number of benzene rings is 2. The van der Waals surface area contributed by atoms with Crippen molar-refractivity contribution >= 4 is 18.0 Å². The molecule has 2 atom stereocenters. The fourth-order valence-electron chi connectivity index (χ4n) is 4.66. The first-order valence-corrected chi connectivity index (χ1v) is 12.1. The van der Waals surface area contributed by atoms with E-state index >= 15 is 0 Å². The van der Waals surface area contributed by atoms with Crippen LogP contribution < -0.4 is 10.6 Å². The summed E-state index contributed by atoms with van der Waals surface area (Å²) < 4.78 is 5.56. The van der Waals surface area contributed by atoms with Crippen molar-refractivity contribution in [2.24, 2.45) is 5.92 Å². The Labute approximate surface area is 199 Å². The van der Waals surface area contributed by atoms with Gasteiger partial charge in [-0.05, 0) is 54.4 Å². The molecule has 2 unspecified atom stereocenters. The number of alkyl carbamates (subject to hydrolysis) is 1. The van der Waals surface area contributed by atoms with Gasteiger partial charge >= 0.3 is 12.1 Å². The van der Waals surface area contributed by atoms with Crippen LogP contribution in [0.1, 0.15) is 62.5 Å². The summed E-state index contributed by atoms with van der Waals surface area (Å²) in [6.45, 7) is 2.12. The van der Waals surface area contributed by atoms with E-state index in [1.165, 1.54) is 11.1 Å². The van der Waals surface area contributed by atoms with Crippen LogP contribution in [0.25, 0.3) is 11.1 Å². The molecular weight excluding hydrogens is 432 g/mol. The van der Waals surface area contributed by atoms with Crippen molar-refractivity contribution in [2.45, 2.75) is 63.5 Å². The molecule has 3 N–H and O–H groups in total. The lowest BCUT2D eigenvalue weighted by atomic mass is 9.98. The smallest absolute Gasteiger partial charge is 0.407 e. The molecule has 2 aliphatic carbocycles. The van der Waals surface area contributed by atoms with E-state index in [0.29, 0.717) is 25.2 Å². The van der Waals surface area contributed by atoms with E-state index in [1.807, 2.05) is 31.2 Å². The Bertz CT molecular complexity index is 1000. The number of carbonyl (C=O) groups is 3. The molecule has 0 saturated heterocycles. The Balaban J connectivity index is 1.19. The molecule has 0 aliphatic heterocycles. The second-order valence-electron chi connectivity index (χ2n) is 9.40. The molecule has 0 bridgehead atoms. The zero-order valence-corrected chi connectivity index (χ0v) is 19.5. The fraction of sp³-hybridized carbons (Fsp3) is 0.444. The molecule has 2 aliphatic rings. The highest BCUT2D eigenvalue weighted by Gasteiger charge is 2.30. The number of hydrogen-bond acceptors (Lipinski definition) is 4. The maximum Gasteiger partial charge on any atom is 0.407 e. The Morgan fingerprint density at radius 3 is 2.21 bits per heavy atom. The second-order valence-corrected chi connectivity index (χ2v) is 9.40. The molecular formula is C27H32N2O5. The highest BCUT2D eigenvalue weighted by atomic mass is 16.5. The van der Waals surface area contributed by atoms with E-state index in [-0.39, 0.29) is 30.9 Å². The van der Waals surface area contributed by atoms with Crippen LogP contribution in [-0.2, 0) is 14.3 Å². The van der Waals surface area contributed by atoms with Crippen LogP contribution in [0.5, 0.6) is 0 Å². The number of amides is 2. The summed E-state index contributed by atoms with van der Waals surface area (Å²) in [7, 11) is 0. The van der Waals surface area contributed by atoms with Crippen molar-refractivity contribution < 1.29 is 24.2 Å². The summed E-state index contributed by atoms with van der Waals surface area (Å²) in [6.07, 6.45) is 3.47. The molecule has 0 radical (unpaired) electrons. The molecule has 0 heterocycles. The van der Waals surface area contributed by atoms with Gasteiger partial charge in [-0.3, -0.25) is 4.79 Å². The molecule has 180 valence electrons. The third kappa shape index (κ3) is 5.95. The van der Waals surface area contributed by atoms with Crippen molar-refractivity contribution in [2.75, 3.05) is 6.61 Å². The molecule has 0 aromatic heterocycles. The number of hydrogen-bond donors (Lipinski definition) is 3. The van der Waals surface area contributed by atoms with Gasteiger partial charge in [-0.15, -0.1) is 0 Å². The first kappa shape index (κ1) is 23.8. The van der Waals surface area contributed by atoms with Gasteiger partial charge < -0.3 is 20.5 Å². The molecule has 2 aromatic carbocycles. The van der Waals surface area contributed by atoms with Crippen LogP contribution in [0.15, 0.2) is 48.5 Å². The number of rotatable bonds is 11. The zero-order valence-electron chi connectivity index (χ0n) is 19.5. The summed E-state index contributed by atoms with van der Waals surface area (Å²) in [5, 5.41) is 14.7. The van der Waals surface area contributed by atoms with Gasteiger partial charge in [0.2, 0.25) is 5.91 Å². The van der Waals surface area contributed by atoms with E-state index in [2.05, 4.69) is 34.9 Å². The lowest BCUT2D eigenvalue weighted by molar-refractivity contribution is -0.142. The maximum atomic E-state index is 12.4. The standard InChI is InChI=1S/C27H32N2O5/c1-17(7-6-12-25(30)29-24(26(31)32)15-18-13-14-18)28-27(33)34-16-23-21-10-4-2-8-19(21)20-9-3-5-11-22(20)23/h2-5,8-11,17-18,23-24H,6-7,12-16H2,1H3,(H,28,33)(H,29,30)(H,31,32). The summed E-state index contributed by atoms with van der Waals surface area (Å²) in [5.41, 5.74) is 4.69.